The number of methoxy groups -OCH3 is 1. The molecule has 0 spiro atoms. The maximum atomic E-state index is 13.2. The quantitative estimate of drug-likeness (QED) is 0.628. The highest BCUT2D eigenvalue weighted by molar-refractivity contribution is 7.90. The average Bonchev–Trinajstić information content (AvgIpc) is 3.54. The number of pyridine rings is 1. The summed E-state index contributed by atoms with van der Waals surface area (Å²) in [5.74, 6) is 0.331. The van der Waals surface area contributed by atoms with E-state index in [1.807, 2.05) is 25.1 Å². The van der Waals surface area contributed by atoms with Gasteiger partial charge in [-0.3, -0.25) is 4.79 Å². The number of amides is 1. The van der Waals surface area contributed by atoms with Crippen LogP contribution in [0.2, 0.25) is 0 Å². The van der Waals surface area contributed by atoms with E-state index in [9.17, 15) is 13.2 Å². The first-order valence-electron chi connectivity index (χ1n) is 9.70. The van der Waals surface area contributed by atoms with Crippen molar-refractivity contribution in [3.63, 3.8) is 0 Å². The third-order valence-corrected chi connectivity index (χ3v) is 6.99. The first kappa shape index (κ1) is 20.2. The number of benzene rings is 2. The zero-order valence-electron chi connectivity index (χ0n) is 16.8. The van der Waals surface area contributed by atoms with Crippen molar-refractivity contribution < 1.29 is 17.9 Å². The van der Waals surface area contributed by atoms with E-state index in [1.165, 1.54) is 12.1 Å². The number of carbonyl (C=O) groups excluding carboxylic acids is 1. The maximum absolute atomic E-state index is 13.2. The number of nitrogens with one attached hydrogen (secondary N) is 1. The summed E-state index contributed by atoms with van der Waals surface area (Å²) in [6, 6.07) is 13.5. The standard InChI is InChI=1S/C22H23N3O4S/c1-3-14-7-9-18(29-2)16(13-14)22(11-12-22)21(26)25-30(27,28)19-6-4-5-17-15(19)8-10-20(23)24-17/h4-10,13H,3,11-12H2,1-2H3,(H2,23,24)(H,25,26). The third kappa shape index (κ3) is 3.37. The van der Waals surface area contributed by atoms with Crippen LogP contribution in [0.4, 0.5) is 5.82 Å². The molecule has 7 nitrogen and oxygen atoms in total. The molecule has 1 amide bonds. The fourth-order valence-electron chi connectivity index (χ4n) is 3.74. The highest BCUT2D eigenvalue weighted by Crippen LogP contribution is 2.52. The van der Waals surface area contributed by atoms with Gasteiger partial charge in [-0.15, -0.1) is 0 Å². The van der Waals surface area contributed by atoms with Gasteiger partial charge in [-0.25, -0.2) is 18.1 Å². The fourth-order valence-corrected chi connectivity index (χ4v) is 5.01. The molecule has 0 bridgehead atoms. The summed E-state index contributed by atoms with van der Waals surface area (Å²) in [5, 5.41) is 0.405. The molecule has 1 aliphatic carbocycles. The van der Waals surface area contributed by atoms with Crippen LogP contribution >= 0.6 is 0 Å². The molecule has 0 saturated heterocycles. The average molecular weight is 426 g/mol. The van der Waals surface area contributed by atoms with Crippen LogP contribution in [0.25, 0.3) is 10.9 Å². The van der Waals surface area contributed by atoms with Crippen LogP contribution in [0.1, 0.15) is 30.9 Å². The molecule has 0 radical (unpaired) electrons. The Balaban J connectivity index is 1.71. The lowest BCUT2D eigenvalue weighted by atomic mass is 9.92. The number of aromatic nitrogens is 1. The summed E-state index contributed by atoms with van der Waals surface area (Å²) in [6.07, 6.45) is 1.93. The monoisotopic (exact) mass is 425 g/mol. The Morgan fingerprint density at radius 1 is 1.20 bits per heavy atom. The molecule has 3 aromatic rings. The molecule has 0 aliphatic heterocycles. The predicted octanol–water partition coefficient (Wildman–Crippen LogP) is 2.92. The largest absolute Gasteiger partial charge is 0.496 e. The lowest BCUT2D eigenvalue weighted by molar-refractivity contribution is -0.121. The number of aryl methyl sites for hydroxylation is 1. The van der Waals surface area contributed by atoms with Crippen molar-refractivity contribution in [2.45, 2.75) is 36.5 Å². The van der Waals surface area contributed by atoms with Gasteiger partial charge in [0.1, 0.15) is 11.6 Å². The highest BCUT2D eigenvalue weighted by Gasteiger charge is 2.54. The normalized spacial score (nSPS) is 15.0. The number of fused-ring (bicyclic) bond motifs is 1. The first-order chi connectivity index (χ1) is 14.3. The summed E-state index contributed by atoms with van der Waals surface area (Å²) in [6.45, 7) is 2.02. The highest BCUT2D eigenvalue weighted by atomic mass is 32.2. The van der Waals surface area contributed by atoms with Crippen LogP contribution in [-0.4, -0.2) is 26.4 Å². The van der Waals surface area contributed by atoms with Gasteiger partial charge in [0, 0.05) is 10.9 Å². The van der Waals surface area contributed by atoms with E-state index in [-0.39, 0.29) is 4.90 Å². The molecule has 1 aliphatic rings. The van der Waals surface area contributed by atoms with E-state index in [1.54, 1.807) is 25.3 Å². The number of nitrogen functional groups attached to an aromatic ring is 1. The number of hydrogen-bond acceptors (Lipinski definition) is 6. The van der Waals surface area contributed by atoms with Gasteiger partial charge >= 0.3 is 0 Å². The van der Waals surface area contributed by atoms with E-state index >= 15 is 0 Å². The molecule has 0 atom stereocenters. The van der Waals surface area contributed by atoms with E-state index in [0.29, 0.717) is 35.3 Å². The van der Waals surface area contributed by atoms with Gasteiger partial charge < -0.3 is 10.5 Å². The summed E-state index contributed by atoms with van der Waals surface area (Å²) in [7, 11) is -2.56. The molecule has 2 aromatic carbocycles. The number of anilines is 1. The van der Waals surface area contributed by atoms with Crippen LogP contribution in [0, 0.1) is 0 Å². The summed E-state index contributed by atoms with van der Waals surface area (Å²) in [5.41, 5.74) is 7.03. The number of carbonyl (C=O) groups is 1. The van der Waals surface area contributed by atoms with Crippen molar-refractivity contribution >= 4 is 32.7 Å². The fraction of sp³-hybridized carbons (Fsp3) is 0.273. The molecule has 3 N–H and O–H groups in total. The molecule has 1 fully saturated rings. The molecule has 1 saturated carbocycles. The number of rotatable bonds is 6. The van der Waals surface area contributed by atoms with Gasteiger partial charge in [0.05, 0.1) is 22.9 Å². The second kappa shape index (κ2) is 7.28. The van der Waals surface area contributed by atoms with Gasteiger partial charge in [-0.1, -0.05) is 25.1 Å². The SMILES string of the molecule is CCc1ccc(OC)c(C2(C(=O)NS(=O)(=O)c3cccc4nc(N)ccc34)CC2)c1. The molecule has 1 aromatic heterocycles. The summed E-state index contributed by atoms with van der Waals surface area (Å²) >= 11 is 0. The topological polar surface area (TPSA) is 111 Å². The number of ether oxygens (including phenoxy) is 1. The minimum Gasteiger partial charge on any atom is -0.496 e. The molecule has 8 heteroatoms. The lowest BCUT2D eigenvalue weighted by Gasteiger charge is -2.20. The van der Waals surface area contributed by atoms with E-state index in [4.69, 9.17) is 10.5 Å². The molecular weight excluding hydrogens is 402 g/mol. The lowest BCUT2D eigenvalue weighted by Crippen LogP contribution is -2.39. The maximum Gasteiger partial charge on any atom is 0.264 e. The molecular formula is C22H23N3O4S. The Bertz CT molecular complexity index is 1250. The molecule has 0 unspecified atom stereocenters. The van der Waals surface area contributed by atoms with E-state index < -0.39 is 21.3 Å². The predicted molar refractivity (Wildman–Crippen MR) is 115 cm³/mol. The minimum atomic E-state index is -4.11. The van der Waals surface area contributed by atoms with Gasteiger partial charge in [0.15, 0.2) is 0 Å². The summed E-state index contributed by atoms with van der Waals surface area (Å²) < 4.78 is 33.9. The second-order valence-corrected chi connectivity index (χ2v) is 9.11. The Labute approximate surface area is 175 Å². The van der Waals surface area contributed by atoms with Gasteiger partial charge in [-0.05, 0) is 55.2 Å². The number of hydrogen-bond donors (Lipinski definition) is 2. The van der Waals surface area contributed by atoms with Crippen molar-refractivity contribution in [1.82, 2.24) is 9.71 Å². The third-order valence-electron chi connectivity index (χ3n) is 5.60. The van der Waals surface area contributed by atoms with Crippen molar-refractivity contribution in [2.75, 3.05) is 12.8 Å². The second-order valence-electron chi connectivity index (χ2n) is 7.46. The summed E-state index contributed by atoms with van der Waals surface area (Å²) in [4.78, 5) is 17.3. The minimum absolute atomic E-state index is 0.00840. The first-order valence-corrected chi connectivity index (χ1v) is 11.2. The van der Waals surface area contributed by atoms with Crippen LogP contribution in [-0.2, 0) is 26.7 Å². The van der Waals surface area contributed by atoms with Crippen LogP contribution < -0.4 is 15.2 Å². The Kier molecular flexibility index (Phi) is 4.89. The van der Waals surface area contributed by atoms with Crippen molar-refractivity contribution in [2.24, 2.45) is 0 Å². The van der Waals surface area contributed by atoms with E-state index in [0.717, 1.165) is 17.5 Å². The number of nitrogens with two attached hydrogens (primary N) is 1. The number of sulfonamides is 1. The number of nitrogens with zero attached hydrogens (tertiary/aromatic N) is 1. The van der Waals surface area contributed by atoms with Gasteiger partial charge in [0.2, 0.25) is 5.91 Å². The Morgan fingerprint density at radius 3 is 2.63 bits per heavy atom. The zero-order chi connectivity index (χ0) is 21.5. The van der Waals surface area contributed by atoms with Crippen LogP contribution in [0.15, 0.2) is 53.4 Å². The van der Waals surface area contributed by atoms with Crippen LogP contribution in [0.3, 0.4) is 0 Å². The zero-order valence-corrected chi connectivity index (χ0v) is 17.6. The van der Waals surface area contributed by atoms with Crippen molar-refractivity contribution in [3.8, 4) is 5.75 Å². The smallest absolute Gasteiger partial charge is 0.264 e. The van der Waals surface area contributed by atoms with E-state index in [2.05, 4.69) is 9.71 Å². The Morgan fingerprint density at radius 2 is 1.97 bits per heavy atom. The molecule has 1 heterocycles. The molecule has 4 rings (SSSR count). The molecule has 30 heavy (non-hydrogen) atoms. The van der Waals surface area contributed by atoms with Crippen LogP contribution in [0.5, 0.6) is 5.75 Å². The molecule has 156 valence electrons. The van der Waals surface area contributed by atoms with Gasteiger partial charge in [-0.2, -0.15) is 0 Å². The van der Waals surface area contributed by atoms with Crippen molar-refractivity contribution in [1.29, 1.82) is 0 Å². The van der Waals surface area contributed by atoms with Crippen molar-refractivity contribution in [3.05, 3.63) is 59.7 Å². The Hall–Kier alpha value is -3.13. The van der Waals surface area contributed by atoms with Gasteiger partial charge in [0.25, 0.3) is 10.0 Å².